The maximum Gasteiger partial charge on any atom is 0.240 e. The molecule has 0 radical (unpaired) electrons. The minimum absolute atomic E-state index is 0.0734. The monoisotopic (exact) mass is 371 g/mol. The van der Waals surface area contributed by atoms with Crippen molar-refractivity contribution < 1.29 is 4.74 Å². The summed E-state index contributed by atoms with van der Waals surface area (Å²) in [5.41, 5.74) is 2.32. The van der Waals surface area contributed by atoms with Gasteiger partial charge in [0.05, 0.1) is 20.1 Å². The molecule has 1 heterocycles. The van der Waals surface area contributed by atoms with Gasteiger partial charge in [-0.3, -0.25) is 0 Å². The van der Waals surface area contributed by atoms with Crippen LogP contribution in [0.3, 0.4) is 0 Å². The summed E-state index contributed by atoms with van der Waals surface area (Å²) in [7, 11) is 0. The Morgan fingerprint density at radius 2 is 1.45 bits per heavy atom. The fourth-order valence-electron chi connectivity index (χ4n) is 1.31. The van der Waals surface area contributed by atoms with Crippen molar-refractivity contribution in [3.63, 3.8) is 0 Å². The van der Waals surface area contributed by atoms with E-state index in [1.165, 1.54) is 18.2 Å². The molecule has 0 aliphatic carbocycles. The molecule has 106 valence electrons. The summed E-state index contributed by atoms with van der Waals surface area (Å²) in [6, 6.07) is 4.34. The van der Waals surface area contributed by atoms with E-state index in [0.717, 1.165) is 0 Å². The number of nitrogens with two attached hydrogens (primary N) is 1. The standard InChI is InChI=1S/C11H6Cl5N3O/c12-4-1-6(14)9(3-5(4)13)20-11-8(16)2-7(15)10(18-11)19-17/h1-3H,17H2,(H,18,19). The highest BCUT2D eigenvalue weighted by Crippen LogP contribution is 2.39. The van der Waals surface area contributed by atoms with Crippen LogP contribution in [0, 0.1) is 0 Å². The fourth-order valence-corrected chi connectivity index (χ4v) is 2.34. The summed E-state index contributed by atoms with van der Waals surface area (Å²) in [4.78, 5) is 4.02. The van der Waals surface area contributed by atoms with Crippen molar-refractivity contribution in [2.45, 2.75) is 0 Å². The number of hydrogen-bond acceptors (Lipinski definition) is 4. The van der Waals surface area contributed by atoms with Gasteiger partial charge in [0.25, 0.3) is 0 Å². The lowest BCUT2D eigenvalue weighted by atomic mass is 10.3. The Morgan fingerprint density at radius 3 is 2.10 bits per heavy atom. The molecule has 0 aliphatic rings. The van der Waals surface area contributed by atoms with Crippen LogP contribution in [0.5, 0.6) is 11.6 Å². The van der Waals surface area contributed by atoms with Crippen molar-refractivity contribution in [3.05, 3.63) is 43.3 Å². The first-order valence-electron chi connectivity index (χ1n) is 5.07. The molecule has 0 unspecified atom stereocenters. The number of nitrogens with zero attached hydrogens (tertiary/aromatic N) is 1. The van der Waals surface area contributed by atoms with E-state index in [9.17, 15) is 0 Å². The maximum absolute atomic E-state index is 6.00. The number of hydrogen-bond donors (Lipinski definition) is 2. The molecule has 20 heavy (non-hydrogen) atoms. The topological polar surface area (TPSA) is 60.2 Å². The van der Waals surface area contributed by atoms with Gasteiger partial charge < -0.3 is 10.2 Å². The number of nitrogens with one attached hydrogen (secondary N) is 1. The van der Waals surface area contributed by atoms with Gasteiger partial charge in [0.2, 0.25) is 5.88 Å². The Labute approximate surface area is 139 Å². The summed E-state index contributed by atoms with van der Waals surface area (Å²) in [6.07, 6.45) is 0. The number of anilines is 1. The van der Waals surface area contributed by atoms with Crippen molar-refractivity contribution in [3.8, 4) is 11.6 Å². The third-order valence-electron chi connectivity index (χ3n) is 2.22. The van der Waals surface area contributed by atoms with Gasteiger partial charge in [-0.25, -0.2) is 5.84 Å². The second kappa shape index (κ2) is 6.43. The zero-order chi connectivity index (χ0) is 14.9. The summed E-state index contributed by atoms with van der Waals surface area (Å²) in [6.45, 7) is 0. The zero-order valence-electron chi connectivity index (χ0n) is 9.55. The molecule has 0 saturated heterocycles. The van der Waals surface area contributed by atoms with E-state index in [0.29, 0.717) is 5.02 Å². The molecule has 0 bridgehead atoms. The predicted octanol–water partition coefficient (Wildman–Crippen LogP) is 5.43. The third kappa shape index (κ3) is 3.34. The van der Waals surface area contributed by atoms with Crippen molar-refractivity contribution in [1.82, 2.24) is 4.98 Å². The molecule has 4 nitrogen and oxygen atoms in total. The Bertz CT molecular complexity index is 665. The molecule has 2 aromatic rings. The van der Waals surface area contributed by atoms with Crippen molar-refractivity contribution in [1.29, 1.82) is 0 Å². The van der Waals surface area contributed by atoms with Gasteiger partial charge >= 0.3 is 0 Å². The number of rotatable bonds is 3. The van der Waals surface area contributed by atoms with Gasteiger partial charge in [0.1, 0.15) is 10.8 Å². The number of nitrogen functional groups attached to an aromatic ring is 1. The second-order valence-electron chi connectivity index (χ2n) is 3.55. The van der Waals surface area contributed by atoms with E-state index in [2.05, 4.69) is 10.4 Å². The van der Waals surface area contributed by atoms with Crippen LogP contribution in [0.4, 0.5) is 5.82 Å². The molecular formula is C11H6Cl5N3O. The van der Waals surface area contributed by atoms with Gasteiger partial charge in [-0.05, 0) is 12.1 Å². The molecule has 9 heteroatoms. The van der Waals surface area contributed by atoms with Gasteiger partial charge in [0.15, 0.2) is 5.82 Å². The van der Waals surface area contributed by atoms with E-state index in [4.69, 9.17) is 68.6 Å². The SMILES string of the molecule is NNc1nc(Oc2cc(Cl)c(Cl)cc2Cl)c(Cl)cc1Cl. The van der Waals surface area contributed by atoms with Gasteiger partial charge in [-0.2, -0.15) is 4.98 Å². The Balaban J connectivity index is 2.42. The molecule has 0 amide bonds. The maximum atomic E-state index is 6.00. The molecule has 1 aromatic carbocycles. The van der Waals surface area contributed by atoms with Crippen LogP contribution in [0.15, 0.2) is 18.2 Å². The van der Waals surface area contributed by atoms with Crippen LogP contribution in [0.1, 0.15) is 0 Å². The summed E-state index contributed by atoms with van der Waals surface area (Å²) in [5, 5.41) is 1.30. The fraction of sp³-hybridized carbons (Fsp3) is 0. The third-order valence-corrected chi connectivity index (χ3v) is 3.79. The molecule has 0 atom stereocenters. The summed E-state index contributed by atoms with van der Waals surface area (Å²) < 4.78 is 5.50. The lowest BCUT2D eigenvalue weighted by Crippen LogP contribution is -2.09. The molecule has 0 aliphatic heterocycles. The van der Waals surface area contributed by atoms with Crippen LogP contribution in [-0.4, -0.2) is 4.98 Å². The first-order chi connectivity index (χ1) is 9.42. The number of aromatic nitrogens is 1. The van der Waals surface area contributed by atoms with Crippen molar-refractivity contribution in [2.24, 2.45) is 5.84 Å². The van der Waals surface area contributed by atoms with E-state index >= 15 is 0 Å². The molecule has 0 saturated carbocycles. The normalized spacial score (nSPS) is 10.5. The van der Waals surface area contributed by atoms with E-state index in [1.54, 1.807) is 0 Å². The minimum atomic E-state index is 0.0734. The Morgan fingerprint density at radius 1 is 0.850 bits per heavy atom. The quantitative estimate of drug-likeness (QED) is 0.428. The van der Waals surface area contributed by atoms with Crippen LogP contribution < -0.4 is 16.0 Å². The minimum Gasteiger partial charge on any atom is -0.436 e. The number of hydrazine groups is 1. The van der Waals surface area contributed by atoms with Gasteiger partial charge in [-0.1, -0.05) is 58.0 Å². The van der Waals surface area contributed by atoms with Gasteiger partial charge in [-0.15, -0.1) is 0 Å². The molecule has 1 aromatic heterocycles. The second-order valence-corrected chi connectivity index (χ2v) is 5.58. The largest absolute Gasteiger partial charge is 0.436 e. The summed E-state index contributed by atoms with van der Waals surface area (Å²) in [5.74, 6) is 5.81. The molecule has 2 rings (SSSR count). The molecular weight excluding hydrogens is 367 g/mol. The number of pyridine rings is 1. The average molecular weight is 373 g/mol. The Kier molecular flexibility index (Phi) is 5.07. The van der Waals surface area contributed by atoms with Crippen LogP contribution in [-0.2, 0) is 0 Å². The smallest absolute Gasteiger partial charge is 0.240 e. The van der Waals surface area contributed by atoms with E-state index < -0.39 is 0 Å². The molecule has 0 spiro atoms. The predicted molar refractivity (Wildman–Crippen MR) is 83.6 cm³/mol. The lowest BCUT2D eigenvalue weighted by Gasteiger charge is -2.11. The summed E-state index contributed by atoms with van der Waals surface area (Å²) >= 11 is 29.6. The van der Waals surface area contributed by atoms with E-state index in [-0.39, 0.29) is 37.5 Å². The van der Waals surface area contributed by atoms with Gasteiger partial charge in [0, 0.05) is 6.07 Å². The first-order valence-corrected chi connectivity index (χ1v) is 6.96. The van der Waals surface area contributed by atoms with Crippen molar-refractivity contribution in [2.75, 3.05) is 5.43 Å². The number of benzene rings is 1. The van der Waals surface area contributed by atoms with Crippen LogP contribution >= 0.6 is 58.0 Å². The van der Waals surface area contributed by atoms with Crippen LogP contribution in [0.2, 0.25) is 25.1 Å². The van der Waals surface area contributed by atoms with Crippen molar-refractivity contribution >= 4 is 63.8 Å². The highest BCUT2D eigenvalue weighted by atomic mass is 35.5. The number of halogens is 5. The molecule has 3 N–H and O–H groups in total. The lowest BCUT2D eigenvalue weighted by molar-refractivity contribution is 0.464. The van der Waals surface area contributed by atoms with E-state index in [1.807, 2.05) is 0 Å². The highest BCUT2D eigenvalue weighted by Gasteiger charge is 2.14. The average Bonchev–Trinajstić information content (AvgIpc) is 2.38. The highest BCUT2D eigenvalue weighted by molar-refractivity contribution is 6.43. The first kappa shape index (κ1) is 15.8. The zero-order valence-corrected chi connectivity index (χ0v) is 13.3. The number of ether oxygens (including phenoxy) is 1. The van der Waals surface area contributed by atoms with Crippen LogP contribution in [0.25, 0.3) is 0 Å². The Hall–Kier alpha value is -0.620. The molecule has 0 fully saturated rings.